The molecule has 4 aliphatic carbocycles. The summed E-state index contributed by atoms with van der Waals surface area (Å²) in [6, 6.07) is 0. The van der Waals surface area contributed by atoms with Gasteiger partial charge in [-0.15, -0.1) is 0 Å². The van der Waals surface area contributed by atoms with Gasteiger partial charge in [-0.05, 0) is 104 Å². The molecule has 0 bridgehead atoms. The van der Waals surface area contributed by atoms with Crippen molar-refractivity contribution >= 4 is 23.3 Å². The van der Waals surface area contributed by atoms with E-state index in [0.717, 1.165) is 48.3 Å². The van der Waals surface area contributed by atoms with Crippen LogP contribution in [0.3, 0.4) is 0 Å². The number of amides is 1. The number of ether oxygens (including phenoxy) is 1. The van der Waals surface area contributed by atoms with E-state index in [4.69, 9.17) is 17.0 Å². The highest BCUT2D eigenvalue weighted by Gasteiger charge is 2.59. The van der Waals surface area contributed by atoms with Gasteiger partial charge in [0.15, 0.2) is 0 Å². The van der Waals surface area contributed by atoms with Gasteiger partial charge in [-0.1, -0.05) is 65.5 Å². The molecule has 192 valence electrons. The van der Waals surface area contributed by atoms with Crippen LogP contribution in [0.5, 0.6) is 0 Å². The van der Waals surface area contributed by atoms with E-state index in [1.54, 1.807) is 5.57 Å². The molecule has 3 fully saturated rings. The molecule has 0 aromatic carbocycles. The Morgan fingerprint density at radius 2 is 1.88 bits per heavy atom. The first kappa shape index (κ1) is 26.2. The molecule has 0 saturated heterocycles. The van der Waals surface area contributed by atoms with Gasteiger partial charge in [0, 0.05) is 13.3 Å². The summed E-state index contributed by atoms with van der Waals surface area (Å²) in [5.74, 6) is 5.06. The lowest BCUT2D eigenvalue weighted by molar-refractivity contribution is -0.117. The van der Waals surface area contributed by atoms with Crippen molar-refractivity contribution < 1.29 is 9.53 Å². The molecule has 3 saturated carbocycles. The van der Waals surface area contributed by atoms with Gasteiger partial charge in [0.25, 0.3) is 5.17 Å². The summed E-state index contributed by atoms with van der Waals surface area (Å²) >= 11 is 5.24. The Hall–Kier alpha value is -0.900. The number of carbonyl (C=O) groups is 1. The fraction of sp³-hybridized carbons (Fsp3) is 0.867. The zero-order chi connectivity index (χ0) is 24.7. The summed E-state index contributed by atoms with van der Waals surface area (Å²) in [4.78, 5) is 11.3. The molecule has 0 heterocycles. The highest BCUT2D eigenvalue weighted by Crippen LogP contribution is 2.67. The number of hydrogen-bond donors (Lipinski definition) is 1. The average molecular weight is 488 g/mol. The molecule has 3 nitrogen and oxygen atoms in total. The van der Waals surface area contributed by atoms with E-state index >= 15 is 0 Å². The molecule has 4 rings (SSSR count). The fourth-order valence-corrected chi connectivity index (χ4v) is 9.36. The first-order valence-corrected chi connectivity index (χ1v) is 14.6. The van der Waals surface area contributed by atoms with E-state index in [-0.39, 0.29) is 17.2 Å². The van der Waals surface area contributed by atoms with Crippen LogP contribution >= 0.6 is 12.2 Å². The van der Waals surface area contributed by atoms with E-state index in [0.29, 0.717) is 10.8 Å². The minimum atomic E-state index is -0.153. The Labute approximate surface area is 214 Å². The predicted molar refractivity (Wildman–Crippen MR) is 144 cm³/mol. The molecule has 1 amide bonds. The number of hydrogen-bond acceptors (Lipinski definition) is 3. The standard InChI is InChI=1S/C30H49NO2S/c1-19(2)8-7-9-20(3)25-12-13-26-24-11-10-22-18-23(33-28(34)31-21(4)32)14-16-29(22,5)27(24)15-17-30(25,26)6/h10,19-20,23-27H,7-9,11-18H2,1-6H3,(H,31,32,34)/t20-,23+,24+,25-,26+,27+,29+,30-/m1/s1. The molecule has 0 aliphatic heterocycles. The molecule has 0 unspecified atom stereocenters. The van der Waals surface area contributed by atoms with Crippen molar-refractivity contribution in [1.29, 1.82) is 0 Å². The molecule has 0 radical (unpaired) electrons. The monoisotopic (exact) mass is 487 g/mol. The maximum absolute atomic E-state index is 11.3. The Morgan fingerprint density at radius 3 is 2.59 bits per heavy atom. The van der Waals surface area contributed by atoms with Crippen LogP contribution in [-0.4, -0.2) is 17.2 Å². The summed E-state index contributed by atoms with van der Waals surface area (Å²) < 4.78 is 5.96. The maximum atomic E-state index is 11.3. The molecular formula is C30H49NO2S. The second kappa shape index (κ2) is 10.2. The molecule has 34 heavy (non-hydrogen) atoms. The Morgan fingerprint density at radius 1 is 1.12 bits per heavy atom. The minimum Gasteiger partial charge on any atom is -0.467 e. The number of allylic oxidation sites excluding steroid dienone is 1. The normalized spacial score (nSPS) is 40.0. The van der Waals surface area contributed by atoms with Crippen molar-refractivity contribution in [2.75, 3.05) is 0 Å². The van der Waals surface area contributed by atoms with Crippen LogP contribution in [0.4, 0.5) is 0 Å². The molecule has 4 aliphatic rings. The Kier molecular flexibility index (Phi) is 7.87. The van der Waals surface area contributed by atoms with Crippen molar-refractivity contribution in [3.63, 3.8) is 0 Å². The first-order valence-electron chi connectivity index (χ1n) is 14.2. The molecule has 0 aromatic rings. The second-order valence-electron chi connectivity index (χ2n) is 13.2. The van der Waals surface area contributed by atoms with Crippen molar-refractivity contribution in [3.05, 3.63) is 11.6 Å². The van der Waals surface area contributed by atoms with Crippen molar-refractivity contribution in [2.45, 2.75) is 118 Å². The van der Waals surface area contributed by atoms with Crippen LogP contribution in [0.1, 0.15) is 112 Å². The maximum Gasteiger partial charge on any atom is 0.263 e. The van der Waals surface area contributed by atoms with Gasteiger partial charge in [-0.25, -0.2) is 0 Å². The van der Waals surface area contributed by atoms with Crippen LogP contribution in [0, 0.1) is 46.3 Å². The van der Waals surface area contributed by atoms with Crippen LogP contribution in [0.25, 0.3) is 0 Å². The highest BCUT2D eigenvalue weighted by atomic mass is 32.1. The lowest BCUT2D eigenvalue weighted by atomic mass is 9.47. The highest BCUT2D eigenvalue weighted by molar-refractivity contribution is 7.80. The van der Waals surface area contributed by atoms with Crippen LogP contribution in [0.15, 0.2) is 11.6 Å². The predicted octanol–water partition coefficient (Wildman–Crippen LogP) is 7.83. The average Bonchev–Trinajstić information content (AvgIpc) is 3.10. The fourth-order valence-electron chi connectivity index (χ4n) is 9.08. The number of thiocarbonyl (C=S) groups is 1. The van der Waals surface area contributed by atoms with Gasteiger partial charge >= 0.3 is 0 Å². The SMILES string of the molecule is CC(=O)NC(=S)O[C@H]1CC[C@@]2(C)C(=CC[C@H]3[C@@H]4CC[C@H]([C@H](C)CCCC(C)C)[C@@]4(C)CC[C@@H]32)C1. The summed E-state index contributed by atoms with van der Waals surface area (Å²) in [7, 11) is 0. The molecule has 4 heteroatoms. The number of rotatable bonds is 6. The summed E-state index contributed by atoms with van der Waals surface area (Å²) in [6.45, 7) is 14.0. The Bertz CT molecular complexity index is 806. The van der Waals surface area contributed by atoms with Crippen LogP contribution < -0.4 is 5.32 Å². The van der Waals surface area contributed by atoms with E-state index in [1.165, 1.54) is 64.7 Å². The van der Waals surface area contributed by atoms with Crippen LogP contribution in [0.2, 0.25) is 0 Å². The number of nitrogens with one attached hydrogen (secondary N) is 1. The third kappa shape index (κ3) is 5.00. The zero-order valence-corrected chi connectivity index (χ0v) is 23.4. The summed E-state index contributed by atoms with van der Waals surface area (Å²) in [5.41, 5.74) is 2.47. The van der Waals surface area contributed by atoms with E-state index < -0.39 is 0 Å². The van der Waals surface area contributed by atoms with Gasteiger partial charge in [0.05, 0.1) is 0 Å². The van der Waals surface area contributed by atoms with E-state index in [2.05, 4.69) is 46.0 Å². The van der Waals surface area contributed by atoms with Crippen molar-refractivity contribution in [2.24, 2.45) is 46.3 Å². The lowest BCUT2D eigenvalue weighted by Crippen LogP contribution is -2.51. The van der Waals surface area contributed by atoms with Crippen molar-refractivity contribution in [1.82, 2.24) is 5.32 Å². The summed E-state index contributed by atoms with van der Waals surface area (Å²) in [6.07, 6.45) is 17.1. The topological polar surface area (TPSA) is 38.3 Å². The zero-order valence-electron chi connectivity index (χ0n) is 22.6. The van der Waals surface area contributed by atoms with Crippen LogP contribution in [-0.2, 0) is 9.53 Å². The smallest absolute Gasteiger partial charge is 0.263 e. The molecule has 0 spiro atoms. The molecule has 1 N–H and O–H groups in total. The number of fused-ring (bicyclic) bond motifs is 5. The van der Waals surface area contributed by atoms with Gasteiger partial charge in [0.1, 0.15) is 6.10 Å². The minimum absolute atomic E-state index is 0.103. The number of carbonyl (C=O) groups excluding carboxylic acids is 1. The molecule has 0 aromatic heterocycles. The largest absolute Gasteiger partial charge is 0.467 e. The third-order valence-corrected chi connectivity index (χ3v) is 11.0. The van der Waals surface area contributed by atoms with Crippen molar-refractivity contribution in [3.8, 4) is 0 Å². The molecule has 8 atom stereocenters. The van der Waals surface area contributed by atoms with Gasteiger partial charge in [-0.2, -0.15) is 0 Å². The second-order valence-corrected chi connectivity index (χ2v) is 13.6. The van der Waals surface area contributed by atoms with Gasteiger partial charge in [-0.3, -0.25) is 10.1 Å². The van der Waals surface area contributed by atoms with E-state index in [9.17, 15) is 4.79 Å². The van der Waals surface area contributed by atoms with E-state index in [1.807, 2.05) is 0 Å². The summed E-state index contributed by atoms with van der Waals surface area (Å²) in [5, 5.41) is 2.87. The quantitative estimate of drug-likeness (QED) is 0.306. The van der Waals surface area contributed by atoms with Gasteiger partial charge < -0.3 is 4.74 Å². The Balaban J connectivity index is 1.43. The lowest BCUT2D eigenvalue weighted by Gasteiger charge is -2.58. The third-order valence-electron chi connectivity index (χ3n) is 10.8. The first-order chi connectivity index (χ1) is 16.0. The molecular weight excluding hydrogens is 438 g/mol. The van der Waals surface area contributed by atoms with Gasteiger partial charge in [0.2, 0.25) is 5.91 Å².